The van der Waals surface area contributed by atoms with Crippen LogP contribution in [0.4, 0.5) is 15.8 Å². The zero-order valence-corrected chi connectivity index (χ0v) is 17.2. The zero-order chi connectivity index (χ0) is 21.8. The number of fused-ring (bicyclic) bond motifs is 1. The summed E-state index contributed by atoms with van der Waals surface area (Å²) in [5.74, 6) is -0.741. The number of hydrogen-bond donors (Lipinski definition) is 2. The molecule has 0 unspecified atom stereocenters. The zero-order valence-electron chi connectivity index (χ0n) is 16.4. The number of benzene rings is 4. The highest BCUT2D eigenvalue weighted by Gasteiger charge is 2.15. The second-order valence-corrected chi connectivity index (χ2v) is 8.69. The van der Waals surface area contributed by atoms with Crippen molar-refractivity contribution in [2.24, 2.45) is 0 Å². The maximum atomic E-state index is 13.3. The highest BCUT2D eigenvalue weighted by molar-refractivity contribution is 7.92. The predicted octanol–water partition coefficient (Wildman–Crippen LogP) is 4.96. The molecule has 0 fully saturated rings. The average Bonchev–Trinajstić information content (AvgIpc) is 2.74. The molecular weight excluding hydrogens is 415 g/mol. The molecule has 7 heteroatoms. The summed E-state index contributed by atoms with van der Waals surface area (Å²) < 4.78 is 40.6. The Balaban J connectivity index is 1.45. The van der Waals surface area contributed by atoms with E-state index in [4.69, 9.17) is 0 Å². The Morgan fingerprint density at radius 3 is 2.29 bits per heavy atom. The monoisotopic (exact) mass is 434 g/mol. The topological polar surface area (TPSA) is 75.3 Å². The number of anilines is 2. The van der Waals surface area contributed by atoms with Crippen molar-refractivity contribution in [3.8, 4) is 0 Å². The van der Waals surface area contributed by atoms with Gasteiger partial charge in [-0.05, 0) is 58.8 Å². The van der Waals surface area contributed by atoms with E-state index in [-0.39, 0.29) is 22.9 Å². The van der Waals surface area contributed by atoms with Gasteiger partial charge in [0, 0.05) is 5.69 Å². The molecule has 0 spiro atoms. The molecule has 2 N–H and O–H groups in total. The van der Waals surface area contributed by atoms with Crippen molar-refractivity contribution < 1.29 is 17.6 Å². The Morgan fingerprint density at radius 1 is 0.806 bits per heavy atom. The van der Waals surface area contributed by atoms with E-state index >= 15 is 0 Å². The molecule has 0 radical (unpaired) electrons. The fraction of sp³-hybridized carbons (Fsp3) is 0.0417. The molecule has 0 atom stereocenters. The number of nitrogens with one attached hydrogen (secondary N) is 2. The van der Waals surface area contributed by atoms with E-state index in [1.165, 1.54) is 42.5 Å². The van der Waals surface area contributed by atoms with Crippen LogP contribution in [0, 0.1) is 5.82 Å². The summed E-state index contributed by atoms with van der Waals surface area (Å²) in [5, 5.41) is 4.87. The van der Waals surface area contributed by atoms with E-state index in [0.29, 0.717) is 5.69 Å². The Hall–Kier alpha value is -3.71. The molecule has 0 saturated carbocycles. The van der Waals surface area contributed by atoms with Gasteiger partial charge in [0.25, 0.3) is 10.0 Å². The Kier molecular flexibility index (Phi) is 5.68. The second kappa shape index (κ2) is 8.57. The molecule has 0 bridgehead atoms. The van der Waals surface area contributed by atoms with Crippen molar-refractivity contribution in [1.82, 2.24) is 0 Å². The first-order valence-electron chi connectivity index (χ1n) is 9.56. The van der Waals surface area contributed by atoms with Crippen molar-refractivity contribution in [1.29, 1.82) is 0 Å². The maximum Gasteiger partial charge on any atom is 0.261 e. The van der Waals surface area contributed by atoms with Crippen LogP contribution in [0.3, 0.4) is 0 Å². The number of carbonyl (C=O) groups excluding carboxylic acids is 1. The molecule has 0 aliphatic rings. The summed E-state index contributed by atoms with van der Waals surface area (Å²) in [5.41, 5.74) is 1.52. The third kappa shape index (κ3) is 4.90. The van der Waals surface area contributed by atoms with Gasteiger partial charge in [0.15, 0.2) is 0 Å². The van der Waals surface area contributed by atoms with Crippen LogP contribution in [0.1, 0.15) is 5.56 Å². The van der Waals surface area contributed by atoms with E-state index in [2.05, 4.69) is 10.0 Å². The van der Waals surface area contributed by atoms with Crippen LogP contribution in [0.2, 0.25) is 0 Å². The van der Waals surface area contributed by atoms with Crippen LogP contribution < -0.4 is 10.0 Å². The van der Waals surface area contributed by atoms with Crippen molar-refractivity contribution in [2.45, 2.75) is 11.3 Å². The first kappa shape index (κ1) is 20.6. The lowest BCUT2D eigenvalue weighted by Gasteiger charge is -2.10. The lowest BCUT2D eigenvalue weighted by atomic mass is 10.0. The molecule has 31 heavy (non-hydrogen) atoms. The molecule has 0 aromatic heterocycles. The third-order valence-electron chi connectivity index (χ3n) is 4.76. The van der Waals surface area contributed by atoms with E-state index in [1.54, 1.807) is 0 Å². The fourth-order valence-corrected chi connectivity index (χ4v) is 4.36. The van der Waals surface area contributed by atoms with Crippen LogP contribution in [-0.2, 0) is 21.2 Å². The molecule has 1 amide bonds. The molecule has 0 saturated heterocycles. The fourth-order valence-electron chi connectivity index (χ4n) is 3.31. The molecule has 0 heterocycles. The van der Waals surface area contributed by atoms with Gasteiger partial charge < -0.3 is 5.32 Å². The minimum atomic E-state index is -3.88. The van der Waals surface area contributed by atoms with Crippen LogP contribution in [0.15, 0.2) is 95.9 Å². The molecular formula is C24H19FN2O3S. The summed E-state index contributed by atoms with van der Waals surface area (Å²) in [6.07, 6.45) is 0.197. The van der Waals surface area contributed by atoms with Gasteiger partial charge >= 0.3 is 0 Å². The van der Waals surface area contributed by atoms with Crippen LogP contribution in [0.5, 0.6) is 0 Å². The van der Waals surface area contributed by atoms with Gasteiger partial charge in [-0.1, -0.05) is 48.5 Å². The van der Waals surface area contributed by atoms with Crippen LogP contribution in [0.25, 0.3) is 10.8 Å². The summed E-state index contributed by atoms with van der Waals surface area (Å²) in [4.78, 5) is 12.5. The number of halogens is 1. The number of carbonyl (C=O) groups is 1. The third-order valence-corrected chi connectivity index (χ3v) is 6.15. The number of sulfonamides is 1. The normalized spacial score (nSPS) is 11.3. The predicted molar refractivity (Wildman–Crippen MR) is 120 cm³/mol. The minimum absolute atomic E-state index is 0.00353. The van der Waals surface area contributed by atoms with Crippen LogP contribution >= 0.6 is 0 Å². The van der Waals surface area contributed by atoms with Gasteiger partial charge in [0.05, 0.1) is 17.0 Å². The summed E-state index contributed by atoms with van der Waals surface area (Å²) in [6, 6.07) is 24.7. The molecule has 4 aromatic carbocycles. The van der Waals surface area contributed by atoms with Crippen LogP contribution in [-0.4, -0.2) is 14.3 Å². The quantitative estimate of drug-likeness (QED) is 0.450. The van der Waals surface area contributed by atoms with Gasteiger partial charge in [0.1, 0.15) is 5.82 Å². The largest absolute Gasteiger partial charge is 0.326 e. The molecule has 4 aromatic rings. The summed E-state index contributed by atoms with van der Waals surface area (Å²) in [7, 11) is -3.88. The number of amides is 1. The van der Waals surface area contributed by atoms with Crippen molar-refractivity contribution in [3.05, 3.63) is 102 Å². The van der Waals surface area contributed by atoms with E-state index in [1.807, 2.05) is 42.5 Å². The number of hydrogen-bond acceptors (Lipinski definition) is 3. The Bertz CT molecular complexity index is 1350. The van der Waals surface area contributed by atoms with E-state index in [0.717, 1.165) is 22.4 Å². The standard InChI is InChI=1S/C24H19FN2O3S/c25-19-8-4-9-21(16-19)27-31(29,30)22-13-11-20(12-14-22)26-24(28)15-18-7-3-6-17-5-1-2-10-23(17)18/h1-14,16,27H,15H2,(H,26,28). The molecule has 0 aliphatic heterocycles. The highest BCUT2D eigenvalue weighted by atomic mass is 32.2. The molecule has 0 aliphatic carbocycles. The van der Waals surface area contributed by atoms with Gasteiger partial charge in [-0.2, -0.15) is 0 Å². The summed E-state index contributed by atoms with van der Waals surface area (Å²) in [6.45, 7) is 0. The van der Waals surface area contributed by atoms with Crippen molar-refractivity contribution >= 4 is 38.1 Å². The maximum absolute atomic E-state index is 13.3. The Labute approximate surface area is 179 Å². The van der Waals surface area contributed by atoms with E-state index < -0.39 is 15.8 Å². The lowest BCUT2D eigenvalue weighted by Crippen LogP contribution is -2.15. The van der Waals surface area contributed by atoms with Crippen molar-refractivity contribution in [3.63, 3.8) is 0 Å². The molecule has 156 valence electrons. The smallest absolute Gasteiger partial charge is 0.261 e. The first-order valence-corrected chi connectivity index (χ1v) is 11.0. The first-order chi connectivity index (χ1) is 14.9. The highest BCUT2D eigenvalue weighted by Crippen LogP contribution is 2.21. The SMILES string of the molecule is O=C(Cc1cccc2ccccc12)Nc1ccc(S(=O)(=O)Nc2cccc(F)c2)cc1. The van der Waals surface area contributed by atoms with E-state index in [9.17, 15) is 17.6 Å². The van der Waals surface area contributed by atoms with Gasteiger partial charge in [-0.3, -0.25) is 9.52 Å². The van der Waals surface area contributed by atoms with Crippen molar-refractivity contribution in [2.75, 3.05) is 10.0 Å². The minimum Gasteiger partial charge on any atom is -0.326 e. The summed E-state index contributed by atoms with van der Waals surface area (Å²) >= 11 is 0. The second-order valence-electron chi connectivity index (χ2n) is 7.00. The van der Waals surface area contributed by atoms with Gasteiger partial charge in [-0.15, -0.1) is 0 Å². The van der Waals surface area contributed by atoms with Gasteiger partial charge in [-0.25, -0.2) is 12.8 Å². The molecule has 4 rings (SSSR count). The molecule has 5 nitrogen and oxygen atoms in total. The van der Waals surface area contributed by atoms with Gasteiger partial charge in [0.2, 0.25) is 5.91 Å². The lowest BCUT2D eigenvalue weighted by molar-refractivity contribution is -0.115. The number of rotatable bonds is 6. The Morgan fingerprint density at radius 2 is 1.52 bits per heavy atom. The average molecular weight is 434 g/mol.